The van der Waals surface area contributed by atoms with Crippen molar-refractivity contribution in [1.29, 1.82) is 0 Å². The number of piperidine rings is 1. The number of amides is 1. The van der Waals surface area contributed by atoms with Crippen LogP contribution in [-0.2, 0) is 4.79 Å². The van der Waals surface area contributed by atoms with Gasteiger partial charge in [0.15, 0.2) is 0 Å². The maximum atomic E-state index is 12.0. The fourth-order valence-corrected chi connectivity index (χ4v) is 2.82. The molecule has 1 heterocycles. The van der Waals surface area contributed by atoms with Crippen LogP contribution in [0.15, 0.2) is 0 Å². The second kappa shape index (κ2) is 5.64. The van der Waals surface area contributed by atoms with Gasteiger partial charge in [-0.25, -0.2) is 0 Å². The third-order valence-electron chi connectivity index (χ3n) is 3.89. The van der Waals surface area contributed by atoms with E-state index in [-0.39, 0.29) is 30.4 Å². The predicted octanol–water partition coefficient (Wildman–Crippen LogP) is 0.263. The summed E-state index contributed by atoms with van der Waals surface area (Å²) in [5.74, 6) is 0.590. The molecule has 16 heavy (non-hydrogen) atoms. The zero-order valence-corrected chi connectivity index (χ0v) is 9.74. The highest BCUT2D eigenvalue weighted by Gasteiger charge is 2.30. The minimum Gasteiger partial charge on any atom is -0.396 e. The molecule has 3 unspecified atom stereocenters. The van der Waals surface area contributed by atoms with Crippen LogP contribution in [0, 0.1) is 11.8 Å². The second-order valence-corrected chi connectivity index (χ2v) is 5.03. The summed E-state index contributed by atoms with van der Waals surface area (Å²) in [6.07, 6.45) is 5.28. The molecule has 92 valence electrons. The highest BCUT2D eigenvalue weighted by Crippen LogP contribution is 2.25. The fraction of sp³-hybridized carbons (Fsp3) is 0.917. The monoisotopic (exact) mass is 226 g/mol. The van der Waals surface area contributed by atoms with Gasteiger partial charge in [0.1, 0.15) is 0 Å². The van der Waals surface area contributed by atoms with E-state index in [0.717, 1.165) is 45.2 Å². The van der Waals surface area contributed by atoms with Crippen molar-refractivity contribution in [2.45, 2.75) is 38.1 Å². The number of carbonyl (C=O) groups excluding carboxylic acids is 1. The summed E-state index contributed by atoms with van der Waals surface area (Å²) < 4.78 is 0. The van der Waals surface area contributed by atoms with Crippen LogP contribution in [0.1, 0.15) is 32.1 Å². The Bertz CT molecular complexity index is 239. The summed E-state index contributed by atoms with van der Waals surface area (Å²) in [5.41, 5.74) is 0. The van der Waals surface area contributed by atoms with E-state index >= 15 is 0 Å². The molecule has 2 rings (SSSR count). The smallest absolute Gasteiger partial charge is 0.224 e. The van der Waals surface area contributed by atoms with Crippen LogP contribution in [0.5, 0.6) is 0 Å². The average molecular weight is 226 g/mol. The number of aliphatic hydroxyl groups excluding tert-OH is 1. The van der Waals surface area contributed by atoms with Gasteiger partial charge in [-0.2, -0.15) is 0 Å². The van der Waals surface area contributed by atoms with Crippen molar-refractivity contribution < 1.29 is 9.90 Å². The molecular weight excluding hydrogens is 204 g/mol. The minimum atomic E-state index is 0.133. The quantitative estimate of drug-likeness (QED) is 0.647. The molecule has 2 fully saturated rings. The van der Waals surface area contributed by atoms with Gasteiger partial charge in [-0.1, -0.05) is 6.42 Å². The van der Waals surface area contributed by atoms with Crippen LogP contribution in [0.2, 0.25) is 0 Å². The molecule has 0 spiro atoms. The number of rotatable bonds is 3. The largest absolute Gasteiger partial charge is 0.396 e. The van der Waals surface area contributed by atoms with Gasteiger partial charge in [-0.3, -0.25) is 4.79 Å². The topological polar surface area (TPSA) is 61.4 Å². The van der Waals surface area contributed by atoms with Gasteiger partial charge in [0.05, 0.1) is 5.92 Å². The van der Waals surface area contributed by atoms with Gasteiger partial charge < -0.3 is 15.7 Å². The first-order valence-corrected chi connectivity index (χ1v) is 6.43. The average Bonchev–Trinajstić information content (AvgIpc) is 2.77. The van der Waals surface area contributed by atoms with E-state index < -0.39 is 0 Å². The molecular formula is C12H22N2O2. The molecule has 0 aromatic carbocycles. The Hall–Kier alpha value is -0.610. The Morgan fingerprint density at radius 2 is 2.19 bits per heavy atom. The van der Waals surface area contributed by atoms with Crippen molar-refractivity contribution in [2.24, 2.45) is 11.8 Å². The molecule has 0 bridgehead atoms. The summed E-state index contributed by atoms with van der Waals surface area (Å²) in [6, 6.07) is 0.208. The summed E-state index contributed by atoms with van der Waals surface area (Å²) in [4.78, 5) is 12.0. The zero-order chi connectivity index (χ0) is 11.4. The number of carbonyl (C=O) groups is 1. The fourth-order valence-electron chi connectivity index (χ4n) is 2.82. The minimum absolute atomic E-state index is 0.133. The van der Waals surface area contributed by atoms with Crippen molar-refractivity contribution in [3.63, 3.8) is 0 Å². The summed E-state index contributed by atoms with van der Waals surface area (Å²) >= 11 is 0. The predicted molar refractivity (Wildman–Crippen MR) is 62.0 cm³/mol. The third-order valence-corrected chi connectivity index (χ3v) is 3.89. The Morgan fingerprint density at radius 1 is 1.31 bits per heavy atom. The van der Waals surface area contributed by atoms with Gasteiger partial charge >= 0.3 is 0 Å². The molecule has 1 amide bonds. The van der Waals surface area contributed by atoms with Crippen LogP contribution >= 0.6 is 0 Å². The van der Waals surface area contributed by atoms with E-state index in [4.69, 9.17) is 0 Å². The number of aliphatic hydroxyl groups is 1. The first-order valence-electron chi connectivity index (χ1n) is 6.43. The van der Waals surface area contributed by atoms with Gasteiger partial charge in [0.25, 0.3) is 0 Å². The molecule has 0 aromatic heterocycles. The van der Waals surface area contributed by atoms with E-state index in [1.807, 2.05) is 0 Å². The summed E-state index contributed by atoms with van der Waals surface area (Å²) in [7, 11) is 0. The van der Waals surface area contributed by atoms with E-state index in [1.165, 1.54) is 0 Å². The number of hydrogen-bond donors (Lipinski definition) is 3. The molecule has 0 aromatic rings. The normalized spacial score (nSPS) is 34.9. The van der Waals surface area contributed by atoms with Crippen LogP contribution in [-0.4, -0.2) is 36.8 Å². The first kappa shape index (κ1) is 11.9. The van der Waals surface area contributed by atoms with Gasteiger partial charge in [0, 0.05) is 25.1 Å². The Morgan fingerprint density at radius 3 is 2.88 bits per heavy atom. The van der Waals surface area contributed by atoms with Gasteiger partial charge in [-0.15, -0.1) is 0 Å². The van der Waals surface area contributed by atoms with E-state index in [0.29, 0.717) is 0 Å². The van der Waals surface area contributed by atoms with Gasteiger partial charge in [0.2, 0.25) is 5.91 Å². The lowest BCUT2D eigenvalue weighted by Gasteiger charge is -2.25. The zero-order valence-electron chi connectivity index (χ0n) is 9.74. The molecule has 1 saturated carbocycles. The molecule has 3 N–H and O–H groups in total. The third kappa shape index (κ3) is 2.74. The number of nitrogens with one attached hydrogen (secondary N) is 2. The summed E-state index contributed by atoms with van der Waals surface area (Å²) in [6.45, 7) is 2.04. The van der Waals surface area contributed by atoms with E-state index in [2.05, 4.69) is 10.6 Å². The highest BCUT2D eigenvalue weighted by molar-refractivity contribution is 5.79. The first-order chi connectivity index (χ1) is 7.81. The molecule has 1 aliphatic heterocycles. The molecule has 4 heteroatoms. The molecule has 1 aliphatic carbocycles. The molecule has 3 atom stereocenters. The SMILES string of the molecule is O=C(NC1CCCC1CO)C1CCCNC1. The lowest BCUT2D eigenvalue weighted by Crippen LogP contribution is -2.46. The standard InChI is InChI=1S/C12H22N2O2/c15-8-10-3-1-5-11(10)14-12(16)9-4-2-6-13-7-9/h9-11,13,15H,1-8H2,(H,14,16). The lowest BCUT2D eigenvalue weighted by atomic mass is 9.97. The lowest BCUT2D eigenvalue weighted by molar-refractivity contribution is -0.126. The van der Waals surface area contributed by atoms with Crippen LogP contribution in [0.25, 0.3) is 0 Å². The van der Waals surface area contributed by atoms with Crippen molar-refractivity contribution in [2.75, 3.05) is 19.7 Å². The Kier molecular flexibility index (Phi) is 4.18. The maximum absolute atomic E-state index is 12.0. The maximum Gasteiger partial charge on any atom is 0.224 e. The molecule has 2 aliphatic rings. The molecule has 4 nitrogen and oxygen atoms in total. The Labute approximate surface area is 96.8 Å². The van der Waals surface area contributed by atoms with Crippen molar-refractivity contribution in [1.82, 2.24) is 10.6 Å². The van der Waals surface area contributed by atoms with Crippen molar-refractivity contribution >= 4 is 5.91 Å². The Balaban J connectivity index is 1.81. The molecule has 0 radical (unpaired) electrons. The second-order valence-electron chi connectivity index (χ2n) is 5.03. The van der Waals surface area contributed by atoms with Crippen LogP contribution < -0.4 is 10.6 Å². The van der Waals surface area contributed by atoms with Crippen LogP contribution in [0.4, 0.5) is 0 Å². The summed E-state index contributed by atoms with van der Waals surface area (Å²) in [5, 5.41) is 15.6. The highest BCUT2D eigenvalue weighted by atomic mass is 16.3. The van der Waals surface area contributed by atoms with E-state index in [9.17, 15) is 9.90 Å². The van der Waals surface area contributed by atoms with Crippen molar-refractivity contribution in [3.8, 4) is 0 Å². The molecule has 1 saturated heterocycles. The van der Waals surface area contributed by atoms with E-state index in [1.54, 1.807) is 0 Å². The van der Waals surface area contributed by atoms with Crippen molar-refractivity contribution in [3.05, 3.63) is 0 Å². The van der Waals surface area contributed by atoms with Gasteiger partial charge in [-0.05, 0) is 32.2 Å². The number of hydrogen-bond acceptors (Lipinski definition) is 3. The van der Waals surface area contributed by atoms with Crippen LogP contribution in [0.3, 0.4) is 0 Å².